The van der Waals surface area contributed by atoms with E-state index in [2.05, 4.69) is 24.0 Å². The van der Waals surface area contributed by atoms with Crippen LogP contribution in [0.5, 0.6) is 0 Å². The SMILES string of the molecule is CC(N)C(c1ccc(Cl)cc1)N1CC2CCC(C1)O2. The fraction of sp³-hybridized carbons (Fsp3) is 0.600. The molecule has 2 bridgehead atoms. The third kappa shape index (κ3) is 2.79. The summed E-state index contributed by atoms with van der Waals surface area (Å²) in [7, 11) is 0. The second-order valence-corrected chi connectivity index (χ2v) is 6.20. The molecule has 4 unspecified atom stereocenters. The van der Waals surface area contributed by atoms with Gasteiger partial charge in [0.05, 0.1) is 12.2 Å². The molecule has 0 radical (unpaired) electrons. The van der Waals surface area contributed by atoms with Crippen LogP contribution in [0.2, 0.25) is 5.02 Å². The fourth-order valence-corrected chi connectivity index (χ4v) is 3.51. The molecule has 0 aliphatic carbocycles. The molecule has 2 heterocycles. The first-order valence-corrected chi connectivity index (χ1v) is 7.42. The third-order valence-corrected chi connectivity index (χ3v) is 4.43. The number of hydrogen-bond donors (Lipinski definition) is 1. The Morgan fingerprint density at radius 3 is 2.32 bits per heavy atom. The zero-order valence-electron chi connectivity index (χ0n) is 11.3. The lowest BCUT2D eigenvalue weighted by Gasteiger charge is -2.40. The van der Waals surface area contributed by atoms with Crippen LogP contribution in [0.1, 0.15) is 31.4 Å². The summed E-state index contributed by atoms with van der Waals surface area (Å²) in [6.45, 7) is 4.06. The highest BCUT2D eigenvalue weighted by Gasteiger charge is 2.37. The second-order valence-electron chi connectivity index (χ2n) is 5.77. The van der Waals surface area contributed by atoms with Gasteiger partial charge in [-0.2, -0.15) is 0 Å². The van der Waals surface area contributed by atoms with Gasteiger partial charge < -0.3 is 10.5 Å². The summed E-state index contributed by atoms with van der Waals surface area (Å²) in [5.41, 5.74) is 7.48. The number of morpholine rings is 1. The molecule has 4 atom stereocenters. The minimum atomic E-state index is 0.0960. The zero-order chi connectivity index (χ0) is 13.4. The van der Waals surface area contributed by atoms with Crippen molar-refractivity contribution in [1.29, 1.82) is 0 Å². The molecule has 4 heteroatoms. The highest BCUT2D eigenvalue weighted by Crippen LogP contribution is 2.33. The van der Waals surface area contributed by atoms with E-state index < -0.39 is 0 Å². The number of nitrogens with zero attached hydrogens (tertiary/aromatic N) is 1. The molecule has 104 valence electrons. The van der Waals surface area contributed by atoms with Gasteiger partial charge in [-0.1, -0.05) is 23.7 Å². The predicted octanol–water partition coefficient (Wildman–Crippen LogP) is 2.59. The van der Waals surface area contributed by atoms with Crippen molar-refractivity contribution in [2.75, 3.05) is 13.1 Å². The van der Waals surface area contributed by atoms with Crippen molar-refractivity contribution in [1.82, 2.24) is 4.90 Å². The van der Waals surface area contributed by atoms with Crippen molar-refractivity contribution < 1.29 is 4.74 Å². The first-order chi connectivity index (χ1) is 9.13. The van der Waals surface area contributed by atoms with Crippen LogP contribution in [0, 0.1) is 0 Å². The molecule has 0 spiro atoms. The molecule has 1 aromatic carbocycles. The maximum Gasteiger partial charge on any atom is 0.0707 e. The van der Waals surface area contributed by atoms with Crippen LogP contribution < -0.4 is 5.73 Å². The lowest BCUT2D eigenvalue weighted by Crippen LogP contribution is -2.48. The van der Waals surface area contributed by atoms with Crippen LogP contribution >= 0.6 is 11.6 Å². The molecule has 0 amide bonds. The summed E-state index contributed by atoms with van der Waals surface area (Å²) < 4.78 is 5.91. The largest absolute Gasteiger partial charge is 0.372 e. The highest BCUT2D eigenvalue weighted by atomic mass is 35.5. The standard InChI is InChI=1S/C15H21ClN2O/c1-10(17)15(11-2-4-12(16)5-3-11)18-8-13-6-7-14(9-18)19-13/h2-5,10,13-15H,6-9,17H2,1H3. The molecular formula is C15H21ClN2O. The number of benzene rings is 1. The van der Waals surface area contributed by atoms with Crippen LogP contribution in [0.25, 0.3) is 0 Å². The number of fused-ring (bicyclic) bond motifs is 2. The van der Waals surface area contributed by atoms with E-state index in [1.54, 1.807) is 0 Å². The van der Waals surface area contributed by atoms with Gasteiger partial charge in [-0.25, -0.2) is 0 Å². The molecule has 2 aliphatic rings. The van der Waals surface area contributed by atoms with Crippen molar-refractivity contribution in [3.63, 3.8) is 0 Å². The summed E-state index contributed by atoms with van der Waals surface area (Å²) >= 11 is 5.97. The van der Waals surface area contributed by atoms with E-state index in [1.165, 1.54) is 18.4 Å². The van der Waals surface area contributed by atoms with Crippen molar-refractivity contribution in [2.24, 2.45) is 5.73 Å². The first-order valence-electron chi connectivity index (χ1n) is 7.04. The molecule has 19 heavy (non-hydrogen) atoms. The van der Waals surface area contributed by atoms with Gasteiger partial charge in [0, 0.05) is 30.2 Å². The van der Waals surface area contributed by atoms with Gasteiger partial charge in [0.2, 0.25) is 0 Å². The molecule has 3 rings (SSSR count). The molecule has 2 saturated heterocycles. The summed E-state index contributed by atoms with van der Waals surface area (Å²) in [6, 6.07) is 8.42. The van der Waals surface area contributed by atoms with Crippen molar-refractivity contribution >= 4 is 11.6 Å². The Morgan fingerprint density at radius 1 is 1.21 bits per heavy atom. The van der Waals surface area contributed by atoms with Crippen LogP contribution in [0.3, 0.4) is 0 Å². The summed E-state index contributed by atoms with van der Waals surface area (Å²) in [5.74, 6) is 0. The number of halogens is 1. The lowest BCUT2D eigenvalue weighted by molar-refractivity contribution is -0.0559. The first kappa shape index (κ1) is 13.4. The van der Waals surface area contributed by atoms with Crippen LogP contribution in [-0.4, -0.2) is 36.2 Å². The zero-order valence-corrected chi connectivity index (χ0v) is 12.0. The van der Waals surface area contributed by atoms with Crippen molar-refractivity contribution in [2.45, 2.75) is 44.1 Å². The van der Waals surface area contributed by atoms with Gasteiger partial charge in [0.1, 0.15) is 0 Å². The minimum absolute atomic E-state index is 0.0960. The topological polar surface area (TPSA) is 38.5 Å². The number of ether oxygens (including phenoxy) is 1. The molecule has 3 nitrogen and oxygen atoms in total. The molecular weight excluding hydrogens is 260 g/mol. The Hall–Kier alpha value is -0.610. The Balaban J connectivity index is 1.83. The van der Waals surface area contributed by atoms with E-state index in [1.807, 2.05) is 12.1 Å². The average Bonchev–Trinajstić information content (AvgIpc) is 2.71. The molecule has 0 aromatic heterocycles. The molecule has 0 saturated carbocycles. The summed E-state index contributed by atoms with van der Waals surface area (Å²) in [6.07, 6.45) is 3.17. The number of nitrogens with two attached hydrogens (primary N) is 1. The predicted molar refractivity (Wildman–Crippen MR) is 77.3 cm³/mol. The third-order valence-electron chi connectivity index (χ3n) is 4.17. The van der Waals surface area contributed by atoms with Gasteiger partial charge in [-0.15, -0.1) is 0 Å². The van der Waals surface area contributed by atoms with E-state index >= 15 is 0 Å². The molecule has 2 N–H and O–H groups in total. The van der Waals surface area contributed by atoms with Gasteiger partial charge in [-0.3, -0.25) is 4.90 Å². The Morgan fingerprint density at radius 2 is 1.79 bits per heavy atom. The molecule has 1 aromatic rings. The smallest absolute Gasteiger partial charge is 0.0707 e. The normalized spacial score (nSPS) is 30.3. The number of rotatable bonds is 3. The Labute approximate surface area is 119 Å². The van der Waals surface area contributed by atoms with Crippen LogP contribution in [0.4, 0.5) is 0 Å². The van der Waals surface area contributed by atoms with Gasteiger partial charge >= 0.3 is 0 Å². The minimum Gasteiger partial charge on any atom is -0.372 e. The highest BCUT2D eigenvalue weighted by molar-refractivity contribution is 6.30. The van der Waals surface area contributed by atoms with E-state index in [4.69, 9.17) is 22.1 Å². The van der Waals surface area contributed by atoms with Gasteiger partial charge in [-0.05, 0) is 37.5 Å². The maximum absolute atomic E-state index is 6.23. The van der Waals surface area contributed by atoms with Gasteiger partial charge in [0.25, 0.3) is 0 Å². The monoisotopic (exact) mass is 280 g/mol. The fourth-order valence-electron chi connectivity index (χ4n) is 3.38. The number of hydrogen-bond acceptors (Lipinski definition) is 3. The molecule has 2 fully saturated rings. The van der Waals surface area contributed by atoms with E-state index in [0.29, 0.717) is 12.2 Å². The Bertz CT molecular complexity index is 422. The average molecular weight is 281 g/mol. The quantitative estimate of drug-likeness (QED) is 0.925. The number of likely N-dealkylation sites (tertiary alicyclic amines) is 1. The lowest BCUT2D eigenvalue weighted by atomic mass is 9.98. The maximum atomic E-state index is 6.23. The molecule has 2 aliphatic heterocycles. The van der Waals surface area contributed by atoms with Crippen LogP contribution in [-0.2, 0) is 4.74 Å². The van der Waals surface area contributed by atoms with E-state index in [0.717, 1.165) is 18.1 Å². The van der Waals surface area contributed by atoms with E-state index in [9.17, 15) is 0 Å². The second kappa shape index (κ2) is 5.41. The Kier molecular flexibility index (Phi) is 3.81. The summed E-state index contributed by atoms with van der Waals surface area (Å²) in [4.78, 5) is 2.49. The van der Waals surface area contributed by atoms with Crippen molar-refractivity contribution in [3.05, 3.63) is 34.9 Å². The van der Waals surface area contributed by atoms with Crippen molar-refractivity contribution in [3.8, 4) is 0 Å². The summed E-state index contributed by atoms with van der Waals surface area (Å²) in [5, 5.41) is 0.772. The van der Waals surface area contributed by atoms with E-state index in [-0.39, 0.29) is 12.1 Å². The van der Waals surface area contributed by atoms with Crippen LogP contribution in [0.15, 0.2) is 24.3 Å². The van der Waals surface area contributed by atoms with Gasteiger partial charge in [0.15, 0.2) is 0 Å².